The van der Waals surface area contributed by atoms with Gasteiger partial charge in [-0.25, -0.2) is 0 Å². The topological polar surface area (TPSA) is 66.4 Å². The maximum absolute atomic E-state index is 12.1. The van der Waals surface area contributed by atoms with Crippen molar-refractivity contribution in [2.45, 2.75) is 39.2 Å². The van der Waals surface area contributed by atoms with E-state index in [4.69, 9.17) is 0 Å². The van der Waals surface area contributed by atoms with Crippen LogP contribution in [0.3, 0.4) is 0 Å². The molecule has 4 atom stereocenters. The number of thioether (sulfide) groups is 1. The van der Waals surface area contributed by atoms with Crippen molar-refractivity contribution in [2.75, 3.05) is 12.0 Å². The van der Waals surface area contributed by atoms with Crippen molar-refractivity contribution < 1.29 is 14.7 Å². The highest BCUT2D eigenvalue weighted by Gasteiger charge is 2.42. The third-order valence-corrected chi connectivity index (χ3v) is 4.53. The highest BCUT2D eigenvalue weighted by Crippen LogP contribution is 2.38. The molecule has 0 aromatic rings. The molecule has 5 heteroatoms. The van der Waals surface area contributed by atoms with Crippen molar-refractivity contribution in [1.82, 2.24) is 5.32 Å². The first-order valence-electron chi connectivity index (χ1n) is 6.51. The molecule has 1 saturated carbocycles. The van der Waals surface area contributed by atoms with E-state index in [0.29, 0.717) is 18.8 Å². The fraction of sp³-hybridized carbons (Fsp3) is 0.846. The minimum absolute atomic E-state index is 0.0834. The second-order valence-corrected chi connectivity index (χ2v) is 6.07. The largest absolute Gasteiger partial charge is 0.481 e. The summed E-state index contributed by atoms with van der Waals surface area (Å²) in [5.41, 5.74) is 0. The lowest BCUT2D eigenvalue weighted by molar-refractivity contribution is -0.146. The minimum Gasteiger partial charge on any atom is -0.481 e. The quantitative estimate of drug-likeness (QED) is 0.776. The van der Waals surface area contributed by atoms with Crippen LogP contribution in [0.5, 0.6) is 0 Å². The molecule has 104 valence electrons. The molecule has 18 heavy (non-hydrogen) atoms. The van der Waals surface area contributed by atoms with Crippen molar-refractivity contribution in [1.29, 1.82) is 0 Å². The van der Waals surface area contributed by atoms with Crippen LogP contribution < -0.4 is 5.32 Å². The lowest BCUT2D eigenvalue weighted by atomic mass is 9.95. The van der Waals surface area contributed by atoms with Crippen LogP contribution in [0.15, 0.2) is 0 Å². The van der Waals surface area contributed by atoms with Crippen LogP contribution in [0, 0.1) is 17.8 Å². The fourth-order valence-corrected chi connectivity index (χ4v) is 3.26. The van der Waals surface area contributed by atoms with Crippen molar-refractivity contribution >= 4 is 23.6 Å². The number of aliphatic carboxylic acids is 1. The van der Waals surface area contributed by atoms with Gasteiger partial charge in [0.2, 0.25) is 5.91 Å². The second kappa shape index (κ2) is 7.02. The number of amides is 1. The second-order valence-electron chi connectivity index (χ2n) is 5.16. The summed E-state index contributed by atoms with van der Waals surface area (Å²) in [6, 6.07) is 0.0996. The van der Waals surface area contributed by atoms with Crippen LogP contribution >= 0.6 is 11.8 Å². The van der Waals surface area contributed by atoms with E-state index in [9.17, 15) is 14.7 Å². The molecule has 0 aromatic heterocycles. The predicted octanol–water partition coefficient (Wildman–Crippen LogP) is 1.99. The summed E-state index contributed by atoms with van der Waals surface area (Å²) in [6.07, 6.45) is 4.30. The van der Waals surface area contributed by atoms with Gasteiger partial charge >= 0.3 is 5.97 Å². The Bertz CT molecular complexity index is 309. The third kappa shape index (κ3) is 3.90. The number of hydrogen-bond acceptors (Lipinski definition) is 3. The molecule has 1 aliphatic rings. The Hall–Kier alpha value is -0.710. The van der Waals surface area contributed by atoms with Gasteiger partial charge in [-0.05, 0) is 31.9 Å². The van der Waals surface area contributed by atoms with Crippen LogP contribution in [-0.4, -0.2) is 35.0 Å². The number of nitrogens with one attached hydrogen (secondary N) is 1. The minimum atomic E-state index is -0.830. The zero-order valence-electron chi connectivity index (χ0n) is 11.3. The van der Waals surface area contributed by atoms with E-state index in [0.717, 1.165) is 12.2 Å². The van der Waals surface area contributed by atoms with E-state index < -0.39 is 11.9 Å². The van der Waals surface area contributed by atoms with Crippen LogP contribution in [0.1, 0.15) is 33.1 Å². The fourth-order valence-electron chi connectivity index (χ4n) is 2.68. The summed E-state index contributed by atoms with van der Waals surface area (Å²) in [5.74, 6) is -0.539. The van der Waals surface area contributed by atoms with Crippen molar-refractivity contribution in [2.24, 2.45) is 17.8 Å². The average molecular weight is 273 g/mol. The summed E-state index contributed by atoms with van der Waals surface area (Å²) in [7, 11) is 0. The zero-order chi connectivity index (χ0) is 13.7. The molecule has 1 fully saturated rings. The molecule has 0 bridgehead atoms. The molecule has 0 heterocycles. The smallest absolute Gasteiger partial charge is 0.307 e. The SMILES string of the molecule is CCC1CC(C(=O)O)C(C(=O)NC(C)CSC)C1. The number of rotatable bonds is 6. The molecule has 0 aromatic carbocycles. The van der Waals surface area contributed by atoms with Crippen molar-refractivity contribution in [3.63, 3.8) is 0 Å². The van der Waals surface area contributed by atoms with Gasteiger partial charge in [-0.3, -0.25) is 9.59 Å². The summed E-state index contributed by atoms with van der Waals surface area (Å²) in [6.45, 7) is 4.01. The third-order valence-electron chi connectivity index (χ3n) is 3.70. The van der Waals surface area contributed by atoms with E-state index in [-0.39, 0.29) is 17.9 Å². The first kappa shape index (κ1) is 15.3. The van der Waals surface area contributed by atoms with E-state index in [2.05, 4.69) is 12.2 Å². The van der Waals surface area contributed by atoms with Gasteiger partial charge in [0.1, 0.15) is 0 Å². The molecule has 4 nitrogen and oxygen atoms in total. The Morgan fingerprint density at radius 2 is 2.00 bits per heavy atom. The molecule has 4 unspecified atom stereocenters. The number of carbonyl (C=O) groups excluding carboxylic acids is 1. The maximum atomic E-state index is 12.1. The highest BCUT2D eigenvalue weighted by molar-refractivity contribution is 7.98. The molecule has 2 N–H and O–H groups in total. The van der Waals surface area contributed by atoms with Gasteiger partial charge in [-0.2, -0.15) is 11.8 Å². The van der Waals surface area contributed by atoms with E-state index in [1.165, 1.54) is 0 Å². The van der Waals surface area contributed by atoms with E-state index >= 15 is 0 Å². The maximum Gasteiger partial charge on any atom is 0.307 e. The van der Waals surface area contributed by atoms with Gasteiger partial charge in [0.05, 0.1) is 11.8 Å². The average Bonchev–Trinajstić information content (AvgIpc) is 2.73. The predicted molar refractivity (Wildman–Crippen MR) is 73.6 cm³/mol. The lowest BCUT2D eigenvalue weighted by Crippen LogP contribution is -2.41. The van der Waals surface area contributed by atoms with Gasteiger partial charge in [0.25, 0.3) is 0 Å². The Labute approximate surface area is 113 Å². The van der Waals surface area contributed by atoms with Crippen LogP contribution in [0.2, 0.25) is 0 Å². The van der Waals surface area contributed by atoms with Crippen molar-refractivity contribution in [3.8, 4) is 0 Å². The molecule has 0 saturated heterocycles. The number of carboxylic acid groups (broad SMARTS) is 1. The summed E-state index contributed by atoms with van der Waals surface area (Å²) >= 11 is 1.68. The molecule has 1 amide bonds. The molecule has 0 spiro atoms. The van der Waals surface area contributed by atoms with E-state index in [1.54, 1.807) is 11.8 Å². The van der Waals surface area contributed by atoms with Gasteiger partial charge in [-0.1, -0.05) is 13.3 Å². The first-order valence-corrected chi connectivity index (χ1v) is 7.91. The zero-order valence-corrected chi connectivity index (χ0v) is 12.1. The first-order chi connectivity index (χ1) is 8.49. The van der Waals surface area contributed by atoms with Gasteiger partial charge in [0, 0.05) is 11.8 Å². The van der Waals surface area contributed by atoms with Gasteiger partial charge in [-0.15, -0.1) is 0 Å². The Morgan fingerprint density at radius 3 is 2.50 bits per heavy atom. The highest BCUT2D eigenvalue weighted by atomic mass is 32.2. The summed E-state index contributed by atoms with van der Waals surface area (Å²) in [4.78, 5) is 23.3. The van der Waals surface area contributed by atoms with Crippen LogP contribution in [0.25, 0.3) is 0 Å². The Balaban J connectivity index is 2.62. The molecular weight excluding hydrogens is 250 g/mol. The summed E-state index contributed by atoms with van der Waals surface area (Å²) < 4.78 is 0. The van der Waals surface area contributed by atoms with Gasteiger partial charge < -0.3 is 10.4 Å². The molecule has 1 rings (SSSR count). The molecule has 1 aliphatic carbocycles. The number of hydrogen-bond donors (Lipinski definition) is 2. The van der Waals surface area contributed by atoms with Gasteiger partial charge in [0.15, 0.2) is 0 Å². The number of carboxylic acids is 1. The Morgan fingerprint density at radius 1 is 1.39 bits per heavy atom. The standard InChI is InChI=1S/C13H23NO3S/c1-4-9-5-10(11(6-9)13(16)17)12(15)14-8(2)7-18-3/h8-11H,4-7H2,1-3H3,(H,14,15)(H,16,17). The van der Waals surface area contributed by atoms with Crippen LogP contribution in [-0.2, 0) is 9.59 Å². The van der Waals surface area contributed by atoms with Crippen molar-refractivity contribution in [3.05, 3.63) is 0 Å². The lowest BCUT2D eigenvalue weighted by Gasteiger charge is -2.19. The summed E-state index contributed by atoms with van der Waals surface area (Å²) in [5, 5.41) is 12.1. The molecule has 0 radical (unpaired) electrons. The molecule has 0 aliphatic heterocycles. The van der Waals surface area contributed by atoms with E-state index in [1.807, 2.05) is 13.2 Å². The molecular formula is C13H23NO3S. The number of carbonyl (C=O) groups is 2. The monoisotopic (exact) mass is 273 g/mol. The van der Waals surface area contributed by atoms with Crippen LogP contribution in [0.4, 0.5) is 0 Å². The Kier molecular flexibility index (Phi) is 5.99. The normalized spacial score (nSPS) is 28.9.